The molecule has 1 aromatic rings. The van der Waals surface area contributed by atoms with Crippen LogP contribution in [0.25, 0.3) is 0 Å². The number of guanidine groups is 1. The summed E-state index contributed by atoms with van der Waals surface area (Å²) < 4.78 is 0. The quantitative estimate of drug-likeness (QED) is 0.601. The van der Waals surface area contributed by atoms with E-state index in [0.29, 0.717) is 18.5 Å². The predicted molar refractivity (Wildman–Crippen MR) is 114 cm³/mol. The highest BCUT2D eigenvalue weighted by Crippen LogP contribution is 2.21. The van der Waals surface area contributed by atoms with E-state index in [4.69, 9.17) is 0 Å². The first-order valence-electron chi connectivity index (χ1n) is 10.1. The van der Waals surface area contributed by atoms with Crippen LogP contribution in [-0.4, -0.2) is 61.0 Å². The van der Waals surface area contributed by atoms with E-state index >= 15 is 0 Å². The van der Waals surface area contributed by atoms with Crippen molar-refractivity contribution in [3.8, 4) is 0 Å². The minimum Gasteiger partial charge on any atom is -0.353 e. The van der Waals surface area contributed by atoms with Crippen molar-refractivity contribution in [2.24, 2.45) is 10.9 Å². The number of nitrogens with one attached hydrogen (secondary N) is 2. The second kappa shape index (κ2) is 10.6. The summed E-state index contributed by atoms with van der Waals surface area (Å²) in [6.45, 7) is 2.05. The summed E-state index contributed by atoms with van der Waals surface area (Å²) in [4.78, 5) is 18.8. The van der Waals surface area contributed by atoms with Crippen LogP contribution in [-0.2, 0) is 11.2 Å². The molecule has 0 bridgehead atoms. The average molecular weight is 389 g/mol. The summed E-state index contributed by atoms with van der Waals surface area (Å²) in [5.74, 6) is 3.97. The number of piperidine rings is 1. The number of carbonyl (C=O) groups excluding carboxylic acids is 1. The van der Waals surface area contributed by atoms with Gasteiger partial charge in [-0.2, -0.15) is 11.8 Å². The molecule has 3 rings (SSSR count). The SMILES string of the molecule is CN=C(NCC(=O)N1CCC(Cc2ccccc2)CC1)NC1CCCSC1. The molecule has 6 heteroatoms. The van der Waals surface area contributed by atoms with E-state index in [-0.39, 0.29) is 5.91 Å². The molecule has 2 saturated heterocycles. The molecule has 2 fully saturated rings. The highest BCUT2D eigenvalue weighted by molar-refractivity contribution is 7.99. The molecule has 2 aliphatic rings. The van der Waals surface area contributed by atoms with Gasteiger partial charge in [0.15, 0.2) is 5.96 Å². The molecule has 0 radical (unpaired) electrons. The van der Waals surface area contributed by atoms with Crippen molar-refractivity contribution in [1.29, 1.82) is 0 Å². The van der Waals surface area contributed by atoms with Gasteiger partial charge in [0, 0.05) is 31.9 Å². The number of thioether (sulfide) groups is 1. The lowest BCUT2D eigenvalue weighted by Crippen LogP contribution is -2.49. The van der Waals surface area contributed by atoms with Crippen LogP contribution in [0.5, 0.6) is 0 Å². The number of likely N-dealkylation sites (tertiary alicyclic amines) is 1. The maximum absolute atomic E-state index is 12.6. The molecular weight excluding hydrogens is 356 g/mol. The van der Waals surface area contributed by atoms with Crippen LogP contribution in [0.2, 0.25) is 0 Å². The van der Waals surface area contributed by atoms with E-state index < -0.39 is 0 Å². The second-order valence-corrected chi connectivity index (χ2v) is 8.65. The Hall–Kier alpha value is -1.69. The van der Waals surface area contributed by atoms with Crippen molar-refractivity contribution in [2.75, 3.05) is 38.2 Å². The van der Waals surface area contributed by atoms with Crippen LogP contribution >= 0.6 is 11.8 Å². The molecule has 0 aromatic heterocycles. The van der Waals surface area contributed by atoms with Gasteiger partial charge in [-0.15, -0.1) is 0 Å². The van der Waals surface area contributed by atoms with Gasteiger partial charge in [-0.25, -0.2) is 0 Å². The Morgan fingerprint density at radius 1 is 1.22 bits per heavy atom. The predicted octanol–water partition coefficient (Wildman–Crippen LogP) is 2.53. The number of hydrogen-bond donors (Lipinski definition) is 2. The van der Waals surface area contributed by atoms with E-state index in [2.05, 4.69) is 46.0 Å². The first-order chi connectivity index (χ1) is 13.2. The molecule has 27 heavy (non-hydrogen) atoms. The van der Waals surface area contributed by atoms with Crippen molar-refractivity contribution >= 4 is 23.6 Å². The Morgan fingerprint density at radius 2 is 2.00 bits per heavy atom. The van der Waals surface area contributed by atoms with Crippen molar-refractivity contribution in [2.45, 2.75) is 38.1 Å². The molecule has 0 spiro atoms. The van der Waals surface area contributed by atoms with Crippen LogP contribution in [0, 0.1) is 5.92 Å². The van der Waals surface area contributed by atoms with Gasteiger partial charge in [0.2, 0.25) is 5.91 Å². The highest BCUT2D eigenvalue weighted by atomic mass is 32.2. The number of carbonyl (C=O) groups is 1. The topological polar surface area (TPSA) is 56.7 Å². The number of nitrogens with zero attached hydrogens (tertiary/aromatic N) is 2. The molecule has 2 N–H and O–H groups in total. The number of aliphatic imine (C=N–C) groups is 1. The van der Waals surface area contributed by atoms with Crippen LogP contribution in [0.3, 0.4) is 0 Å². The molecule has 2 aliphatic heterocycles. The van der Waals surface area contributed by atoms with Crippen molar-refractivity contribution in [3.05, 3.63) is 35.9 Å². The van der Waals surface area contributed by atoms with E-state index in [9.17, 15) is 4.79 Å². The fourth-order valence-corrected chi connectivity index (χ4v) is 4.92. The van der Waals surface area contributed by atoms with E-state index in [0.717, 1.165) is 44.1 Å². The third kappa shape index (κ3) is 6.45. The van der Waals surface area contributed by atoms with Gasteiger partial charge in [-0.1, -0.05) is 30.3 Å². The molecule has 0 saturated carbocycles. The lowest BCUT2D eigenvalue weighted by atomic mass is 9.90. The minimum atomic E-state index is 0.175. The lowest BCUT2D eigenvalue weighted by Gasteiger charge is -2.32. The molecule has 5 nitrogen and oxygen atoms in total. The lowest BCUT2D eigenvalue weighted by molar-refractivity contribution is -0.131. The Bertz CT molecular complexity index is 608. The zero-order chi connectivity index (χ0) is 18.9. The number of amides is 1. The third-order valence-electron chi connectivity index (χ3n) is 5.47. The van der Waals surface area contributed by atoms with E-state index in [1.54, 1.807) is 7.05 Å². The number of benzene rings is 1. The fourth-order valence-electron chi connectivity index (χ4n) is 3.85. The summed E-state index contributed by atoms with van der Waals surface area (Å²) in [7, 11) is 1.77. The standard InChI is InChI=1S/C21H32N4OS/c1-22-21(24-19-8-5-13-27-16-19)23-15-20(26)25-11-9-18(10-12-25)14-17-6-3-2-4-7-17/h2-4,6-7,18-19H,5,8-16H2,1H3,(H2,22,23,24). The first kappa shape index (κ1) is 20.1. The van der Waals surface area contributed by atoms with Gasteiger partial charge in [-0.3, -0.25) is 9.79 Å². The Kier molecular flexibility index (Phi) is 7.87. The minimum absolute atomic E-state index is 0.175. The molecule has 148 valence electrons. The largest absolute Gasteiger partial charge is 0.353 e. The van der Waals surface area contributed by atoms with Gasteiger partial charge in [0.05, 0.1) is 6.54 Å². The molecule has 0 aliphatic carbocycles. The van der Waals surface area contributed by atoms with Crippen LogP contribution in [0.4, 0.5) is 0 Å². The monoisotopic (exact) mass is 388 g/mol. The van der Waals surface area contributed by atoms with Crippen LogP contribution < -0.4 is 10.6 Å². The maximum Gasteiger partial charge on any atom is 0.241 e. The Balaban J connectivity index is 1.37. The molecular formula is C21H32N4OS. The van der Waals surface area contributed by atoms with Crippen LogP contribution in [0.15, 0.2) is 35.3 Å². The van der Waals surface area contributed by atoms with Gasteiger partial charge >= 0.3 is 0 Å². The average Bonchev–Trinajstić information content (AvgIpc) is 2.73. The molecule has 2 heterocycles. The van der Waals surface area contributed by atoms with Gasteiger partial charge < -0.3 is 15.5 Å². The number of rotatable bonds is 5. The van der Waals surface area contributed by atoms with Crippen molar-refractivity contribution < 1.29 is 4.79 Å². The molecule has 1 aromatic carbocycles. The summed E-state index contributed by atoms with van der Waals surface area (Å²) in [5.41, 5.74) is 1.40. The molecule has 1 unspecified atom stereocenters. The van der Waals surface area contributed by atoms with Gasteiger partial charge in [0.1, 0.15) is 0 Å². The van der Waals surface area contributed by atoms with Crippen molar-refractivity contribution in [1.82, 2.24) is 15.5 Å². The summed E-state index contributed by atoms with van der Waals surface area (Å²) in [5, 5.41) is 6.65. The Labute approximate surface area is 167 Å². The molecule has 1 amide bonds. The third-order valence-corrected chi connectivity index (χ3v) is 6.68. The second-order valence-electron chi connectivity index (χ2n) is 7.50. The maximum atomic E-state index is 12.6. The van der Waals surface area contributed by atoms with E-state index in [1.807, 2.05) is 16.7 Å². The van der Waals surface area contributed by atoms with E-state index in [1.165, 1.54) is 24.2 Å². The molecule has 1 atom stereocenters. The zero-order valence-electron chi connectivity index (χ0n) is 16.3. The van der Waals surface area contributed by atoms with Gasteiger partial charge in [-0.05, 0) is 49.3 Å². The van der Waals surface area contributed by atoms with Crippen LogP contribution in [0.1, 0.15) is 31.2 Å². The first-order valence-corrected chi connectivity index (χ1v) is 11.3. The summed E-state index contributed by atoms with van der Waals surface area (Å²) in [6.07, 6.45) is 5.73. The van der Waals surface area contributed by atoms with Gasteiger partial charge in [0.25, 0.3) is 0 Å². The zero-order valence-corrected chi connectivity index (χ0v) is 17.1. The summed E-state index contributed by atoms with van der Waals surface area (Å²) in [6, 6.07) is 11.1. The number of hydrogen-bond acceptors (Lipinski definition) is 3. The summed E-state index contributed by atoms with van der Waals surface area (Å²) >= 11 is 1.98. The smallest absolute Gasteiger partial charge is 0.241 e. The fraction of sp³-hybridized carbons (Fsp3) is 0.619. The Morgan fingerprint density at radius 3 is 2.67 bits per heavy atom. The van der Waals surface area contributed by atoms with Crippen molar-refractivity contribution in [3.63, 3.8) is 0 Å². The normalized spacial score (nSPS) is 21.7. The highest BCUT2D eigenvalue weighted by Gasteiger charge is 2.23.